The number of methoxy groups -OCH3 is 1. The number of ether oxygens (including phenoxy) is 1. The lowest BCUT2D eigenvalue weighted by molar-refractivity contribution is -0.119. The van der Waals surface area contributed by atoms with Crippen molar-refractivity contribution in [2.75, 3.05) is 18.0 Å². The minimum absolute atomic E-state index is 0.0102. The van der Waals surface area contributed by atoms with Gasteiger partial charge >= 0.3 is 0 Å². The number of carbonyl (C=O) groups is 1. The van der Waals surface area contributed by atoms with Crippen molar-refractivity contribution in [3.8, 4) is 5.75 Å². The first-order chi connectivity index (χ1) is 12.2. The van der Waals surface area contributed by atoms with E-state index >= 15 is 0 Å². The van der Waals surface area contributed by atoms with Gasteiger partial charge in [0.15, 0.2) is 0 Å². The lowest BCUT2D eigenvalue weighted by Crippen LogP contribution is -2.43. The third kappa shape index (κ3) is 4.14. The number of aryl methyl sites for hydroxylation is 3. The van der Waals surface area contributed by atoms with Crippen molar-refractivity contribution in [2.45, 2.75) is 25.7 Å². The third-order valence-electron chi connectivity index (χ3n) is 3.83. The van der Waals surface area contributed by atoms with Gasteiger partial charge in [0.1, 0.15) is 17.2 Å². The molecule has 26 heavy (non-hydrogen) atoms. The number of benzene rings is 2. The Hall–Kier alpha value is -2.58. The molecule has 0 bridgehead atoms. The molecule has 2 rings (SSSR count). The molecule has 0 unspecified atom stereocenters. The second-order valence-electron chi connectivity index (χ2n) is 6.08. The zero-order chi connectivity index (χ0) is 19.5. The normalized spacial score (nSPS) is 11.1. The van der Waals surface area contributed by atoms with E-state index < -0.39 is 22.5 Å². The molecule has 0 heterocycles. The summed E-state index contributed by atoms with van der Waals surface area (Å²) in [5.41, 5.74) is 4.88. The van der Waals surface area contributed by atoms with Gasteiger partial charge in [-0.15, -0.1) is 0 Å². The SMILES string of the molecule is COc1ccc(C)cc1S(=O)(=O)N(CC(=O)NN)c1cc(C)cc(C)c1. The highest BCUT2D eigenvalue weighted by Crippen LogP contribution is 2.31. The average molecular weight is 377 g/mol. The summed E-state index contributed by atoms with van der Waals surface area (Å²) < 4.78 is 33.0. The van der Waals surface area contributed by atoms with Crippen LogP contribution in [-0.2, 0) is 14.8 Å². The molecule has 1 amide bonds. The van der Waals surface area contributed by atoms with Crippen LogP contribution < -0.4 is 20.3 Å². The number of carbonyl (C=O) groups excluding carboxylic acids is 1. The van der Waals surface area contributed by atoms with E-state index in [2.05, 4.69) is 0 Å². The quantitative estimate of drug-likeness (QED) is 0.454. The fourth-order valence-electron chi connectivity index (χ4n) is 2.69. The number of nitrogens with one attached hydrogen (secondary N) is 1. The first-order valence-corrected chi connectivity index (χ1v) is 9.38. The van der Waals surface area contributed by atoms with Crippen molar-refractivity contribution in [1.29, 1.82) is 0 Å². The smallest absolute Gasteiger partial charge is 0.268 e. The zero-order valence-electron chi connectivity index (χ0n) is 15.2. The second kappa shape index (κ2) is 7.76. The van der Waals surface area contributed by atoms with Crippen molar-refractivity contribution >= 4 is 21.6 Å². The van der Waals surface area contributed by atoms with Gasteiger partial charge in [-0.1, -0.05) is 12.1 Å². The number of anilines is 1. The molecular weight excluding hydrogens is 354 g/mol. The maximum absolute atomic E-state index is 13.4. The van der Waals surface area contributed by atoms with E-state index in [0.29, 0.717) is 5.69 Å². The number of hydrogen-bond acceptors (Lipinski definition) is 5. The van der Waals surface area contributed by atoms with Gasteiger partial charge in [-0.25, -0.2) is 14.3 Å². The van der Waals surface area contributed by atoms with Crippen LogP contribution in [0.5, 0.6) is 5.75 Å². The Labute approximate surface area is 153 Å². The van der Waals surface area contributed by atoms with Crippen molar-refractivity contribution in [3.63, 3.8) is 0 Å². The molecule has 0 fully saturated rings. The molecule has 0 atom stereocenters. The Kier molecular flexibility index (Phi) is 5.89. The van der Waals surface area contributed by atoms with E-state index in [9.17, 15) is 13.2 Å². The lowest BCUT2D eigenvalue weighted by Gasteiger charge is -2.25. The fourth-order valence-corrected chi connectivity index (χ4v) is 4.34. The highest BCUT2D eigenvalue weighted by atomic mass is 32.2. The number of hydrogen-bond donors (Lipinski definition) is 2. The summed E-state index contributed by atoms with van der Waals surface area (Å²) in [5, 5.41) is 0. The topological polar surface area (TPSA) is 102 Å². The van der Waals surface area contributed by atoms with Gasteiger partial charge in [0.2, 0.25) is 0 Å². The monoisotopic (exact) mass is 377 g/mol. The Bertz CT molecular complexity index is 906. The molecule has 3 N–H and O–H groups in total. The van der Waals surface area contributed by atoms with Crippen LogP contribution >= 0.6 is 0 Å². The number of hydrazine groups is 1. The molecular formula is C18H23N3O4S. The lowest BCUT2D eigenvalue weighted by atomic mass is 10.1. The largest absolute Gasteiger partial charge is 0.495 e. The number of rotatable bonds is 6. The molecule has 140 valence electrons. The van der Waals surface area contributed by atoms with E-state index in [1.165, 1.54) is 13.2 Å². The second-order valence-corrected chi connectivity index (χ2v) is 7.91. The molecule has 2 aromatic carbocycles. The van der Waals surface area contributed by atoms with Crippen molar-refractivity contribution in [3.05, 3.63) is 53.1 Å². The van der Waals surface area contributed by atoms with Crippen LogP contribution in [0.4, 0.5) is 5.69 Å². The summed E-state index contributed by atoms with van der Waals surface area (Å²) in [4.78, 5) is 11.9. The Balaban J connectivity index is 2.67. The molecule has 0 aliphatic rings. The minimum atomic E-state index is -4.07. The van der Waals surface area contributed by atoms with Crippen LogP contribution in [-0.4, -0.2) is 28.0 Å². The summed E-state index contributed by atoms with van der Waals surface area (Å²) in [6.07, 6.45) is 0. The van der Waals surface area contributed by atoms with Gasteiger partial charge in [0, 0.05) is 0 Å². The van der Waals surface area contributed by atoms with Gasteiger partial charge in [0.05, 0.1) is 12.8 Å². The maximum atomic E-state index is 13.4. The zero-order valence-corrected chi connectivity index (χ0v) is 16.1. The Morgan fingerprint density at radius 2 is 1.69 bits per heavy atom. The van der Waals surface area contributed by atoms with Crippen LogP contribution in [0.3, 0.4) is 0 Å². The highest BCUT2D eigenvalue weighted by molar-refractivity contribution is 7.93. The van der Waals surface area contributed by atoms with E-state index in [0.717, 1.165) is 21.0 Å². The van der Waals surface area contributed by atoms with Crippen LogP contribution in [0, 0.1) is 20.8 Å². The molecule has 0 aromatic heterocycles. The molecule has 0 saturated heterocycles. The standard InChI is InChI=1S/C18H23N3O4S/c1-12-5-6-16(25-4)17(10-12)26(23,24)21(11-18(22)20-19)15-8-13(2)7-14(3)9-15/h5-10H,11,19H2,1-4H3,(H,20,22). The summed E-state index contributed by atoms with van der Waals surface area (Å²) in [7, 11) is -2.67. The third-order valence-corrected chi connectivity index (χ3v) is 5.62. The summed E-state index contributed by atoms with van der Waals surface area (Å²) in [6, 6.07) is 10.2. The molecule has 7 nitrogen and oxygen atoms in total. The summed E-state index contributed by atoms with van der Waals surface area (Å²) in [6.45, 7) is 5.06. The number of nitrogens with zero attached hydrogens (tertiary/aromatic N) is 1. The van der Waals surface area contributed by atoms with Gasteiger partial charge in [0.25, 0.3) is 15.9 Å². The molecule has 0 radical (unpaired) electrons. The highest BCUT2D eigenvalue weighted by Gasteiger charge is 2.30. The Morgan fingerprint density at radius 1 is 1.08 bits per heavy atom. The summed E-state index contributed by atoms with van der Waals surface area (Å²) in [5.74, 6) is 4.76. The number of sulfonamides is 1. The predicted octanol–water partition coefficient (Wildman–Crippen LogP) is 1.81. The van der Waals surface area contributed by atoms with Crippen molar-refractivity contribution in [2.24, 2.45) is 5.84 Å². The fraction of sp³-hybridized carbons (Fsp3) is 0.278. The van der Waals surface area contributed by atoms with Gasteiger partial charge in [-0.05, 0) is 61.7 Å². The van der Waals surface area contributed by atoms with Crippen LogP contribution in [0.2, 0.25) is 0 Å². The van der Waals surface area contributed by atoms with Crippen LogP contribution in [0.15, 0.2) is 41.3 Å². The molecule has 2 aromatic rings. The van der Waals surface area contributed by atoms with E-state index in [4.69, 9.17) is 10.6 Å². The van der Waals surface area contributed by atoms with Gasteiger partial charge < -0.3 is 4.74 Å². The average Bonchev–Trinajstić information content (AvgIpc) is 2.58. The van der Waals surface area contributed by atoms with E-state index in [1.807, 2.05) is 25.3 Å². The minimum Gasteiger partial charge on any atom is -0.495 e. The molecule has 0 spiro atoms. The molecule has 0 saturated carbocycles. The van der Waals surface area contributed by atoms with Gasteiger partial charge in [-0.3, -0.25) is 14.5 Å². The van der Waals surface area contributed by atoms with Crippen LogP contribution in [0.25, 0.3) is 0 Å². The molecule has 8 heteroatoms. The number of nitrogens with two attached hydrogens (primary N) is 1. The molecule has 0 aliphatic heterocycles. The van der Waals surface area contributed by atoms with Crippen molar-refractivity contribution < 1.29 is 17.9 Å². The van der Waals surface area contributed by atoms with Crippen LogP contribution in [0.1, 0.15) is 16.7 Å². The number of amides is 1. The van der Waals surface area contributed by atoms with E-state index in [1.54, 1.807) is 31.2 Å². The first kappa shape index (κ1) is 19.7. The van der Waals surface area contributed by atoms with E-state index in [-0.39, 0.29) is 10.6 Å². The molecule has 0 aliphatic carbocycles. The van der Waals surface area contributed by atoms with Crippen molar-refractivity contribution in [1.82, 2.24) is 5.43 Å². The van der Waals surface area contributed by atoms with Gasteiger partial charge in [-0.2, -0.15) is 0 Å². The predicted molar refractivity (Wildman–Crippen MR) is 101 cm³/mol. The summed E-state index contributed by atoms with van der Waals surface area (Å²) >= 11 is 0. The maximum Gasteiger partial charge on any atom is 0.268 e. The Morgan fingerprint density at radius 3 is 2.23 bits per heavy atom. The first-order valence-electron chi connectivity index (χ1n) is 7.94.